The van der Waals surface area contributed by atoms with Gasteiger partial charge in [-0.1, -0.05) is 35.3 Å². The summed E-state index contributed by atoms with van der Waals surface area (Å²) >= 11 is 13.8. The quantitative estimate of drug-likeness (QED) is 0.623. The molecule has 0 saturated heterocycles. The van der Waals surface area contributed by atoms with Crippen LogP contribution >= 0.6 is 34.5 Å². The Morgan fingerprint density at radius 3 is 2.74 bits per heavy atom. The summed E-state index contributed by atoms with van der Waals surface area (Å²) in [6, 6.07) is 10.0. The number of hydrazine groups is 1. The van der Waals surface area contributed by atoms with Gasteiger partial charge in [0.15, 0.2) is 0 Å². The van der Waals surface area contributed by atoms with Crippen molar-refractivity contribution < 1.29 is 0 Å². The van der Waals surface area contributed by atoms with Crippen LogP contribution in [0.2, 0.25) is 10.0 Å². The van der Waals surface area contributed by atoms with Gasteiger partial charge >= 0.3 is 0 Å². The number of thiophene rings is 1. The molecule has 0 amide bonds. The first-order valence-corrected chi connectivity index (χ1v) is 7.75. The van der Waals surface area contributed by atoms with Crippen molar-refractivity contribution in [3.05, 3.63) is 56.2 Å². The number of halogens is 2. The van der Waals surface area contributed by atoms with Crippen LogP contribution in [0.1, 0.15) is 16.9 Å². The normalized spacial score (nSPS) is 12.6. The fourth-order valence-corrected chi connectivity index (χ4v) is 3.18. The highest BCUT2D eigenvalue weighted by Gasteiger charge is 2.11. The SMILES string of the molecule is NNC(CCc1cccs1)Cc1ccc(Cl)cc1Cl. The van der Waals surface area contributed by atoms with Crippen LogP contribution in [0.5, 0.6) is 0 Å². The third-order valence-electron chi connectivity index (χ3n) is 3.04. The molecule has 0 aliphatic rings. The lowest BCUT2D eigenvalue weighted by Gasteiger charge is -2.16. The van der Waals surface area contributed by atoms with Crippen LogP contribution in [0.15, 0.2) is 35.7 Å². The summed E-state index contributed by atoms with van der Waals surface area (Å²) in [5.41, 5.74) is 3.94. The molecule has 0 saturated carbocycles. The summed E-state index contributed by atoms with van der Waals surface area (Å²) in [7, 11) is 0. The summed E-state index contributed by atoms with van der Waals surface area (Å²) in [6.07, 6.45) is 2.81. The van der Waals surface area contributed by atoms with Gasteiger partial charge in [-0.25, -0.2) is 0 Å². The van der Waals surface area contributed by atoms with Crippen molar-refractivity contribution in [3.8, 4) is 0 Å². The molecule has 2 rings (SSSR count). The van der Waals surface area contributed by atoms with E-state index in [-0.39, 0.29) is 6.04 Å². The highest BCUT2D eigenvalue weighted by molar-refractivity contribution is 7.09. The molecule has 1 heterocycles. The minimum absolute atomic E-state index is 0.209. The lowest BCUT2D eigenvalue weighted by molar-refractivity contribution is 0.493. The molecular weight excluding hydrogens is 299 g/mol. The smallest absolute Gasteiger partial charge is 0.0453 e. The predicted molar refractivity (Wildman–Crippen MR) is 83.9 cm³/mol. The van der Waals surface area contributed by atoms with Crippen LogP contribution < -0.4 is 11.3 Å². The Hall–Kier alpha value is -0.580. The van der Waals surface area contributed by atoms with Crippen molar-refractivity contribution in [2.75, 3.05) is 0 Å². The van der Waals surface area contributed by atoms with E-state index in [9.17, 15) is 0 Å². The second kappa shape index (κ2) is 7.27. The zero-order valence-corrected chi connectivity index (χ0v) is 12.7. The fraction of sp³-hybridized carbons (Fsp3) is 0.286. The molecule has 19 heavy (non-hydrogen) atoms. The van der Waals surface area contributed by atoms with Gasteiger partial charge in [0.1, 0.15) is 0 Å². The van der Waals surface area contributed by atoms with E-state index in [2.05, 4.69) is 22.9 Å². The Balaban J connectivity index is 1.94. The topological polar surface area (TPSA) is 38.0 Å². The van der Waals surface area contributed by atoms with Gasteiger partial charge in [0.25, 0.3) is 0 Å². The van der Waals surface area contributed by atoms with Gasteiger partial charge in [0, 0.05) is 21.0 Å². The Morgan fingerprint density at radius 2 is 2.11 bits per heavy atom. The van der Waals surface area contributed by atoms with Crippen LogP contribution in [0.25, 0.3) is 0 Å². The molecule has 1 atom stereocenters. The van der Waals surface area contributed by atoms with Gasteiger partial charge in [-0.3, -0.25) is 11.3 Å². The lowest BCUT2D eigenvalue weighted by Crippen LogP contribution is -2.37. The summed E-state index contributed by atoms with van der Waals surface area (Å²) in [6.45, 7) is 0. The van der Waals surface area contributed by atoms with Crippen molar-refractivity contribution in [2.45, 2.75) is 25.3 Å². The van der Waals surface area contributed by atoms with Crippen molar-refractivity contribution in [3.63, 3.8) is 0 Å². The fourth-order valence-electron chi connectivity index (χ4n) is 1.97. The molecule has 0 spiro atoms. The van der Waals surface area contributed by atoms with E-state index in [4.69, 9.17) is 29.0 Å². The number of hydrogen-bond donors (Lipinski definition) is 2. The van der Waals surface area contributed by atoms with Gasteiger partial charge in [-0.2, -0.15) is 0 Å². The molecule has 0 radical (unpaired) electrons. The number of rotatable bonds is 6. The average Bonchev–Trinajstić information content (AvgIpc) is 2.90. The molecule has 1 aromatic heterocycles. The predicted octanol–water partition coefficient (Wildman–Crippen LogP) is 4.06. The summed E-state index contributed by atoms with van der Waals surface area (Å²) < 4.78 is 0. The van der Waals surface area contributed by atoms with Crippen LogP contribution in [0.4, 0.5) is 0 Å². The summed E-state index contributed by atoms with van der Waals surface area (Å²) in [4.78, 5) is 1.38. The maximum atomic E-state index is 6.18. The van der Waals surface area contributed by atoms with Crippen molar-refractivity contribution >= 4 is 34.5 Å². The third-order valence-corrected chi connectivity index (χ3v) is 4.56. The number of hydrogen-bond acceptors (Lipinski definition) is 3. The van der Waals surface area contributed by atoms with E-state index >= 15 is 0 Å². The van der Waals surface area contributed by atoms with Crippen molar-refractivity contribution in [1.29, 1.82) is 0 Å². The lowest BCUT2D eigenvalue weighted by atomic mass is 10.0. The third kappa shape index (κ3) is 4.48. The molecular formula is C14H16Cl2N2S. The van der Waals surface area contributed by atoms with E-state index in [1.807, 2.05) is 12.1 Å². The molecule has 0 aliphatic carbocycles. The van der Waals surface area contributed by atoms with E-state index < -0.39 is 0 Å². The van der Waals surface area contributed by atoms with Crippen LogP contribution in [0, 0.1) is 0 Å². The first kappa shape index (κ1) is 14.8. The molecule has 0 aliphatic heterocycles. The minimum Gasteiger partial charge on any atom is -0.271 e. The molecule has 1 aromatic carbocycles. The summed E-state index contributed by atoms with van der Waals surface area (Å²) in [5, 5.41) is 3.45. The maximum absolute atomic E-state index is 6.18. The highest BCUT2D eigenvalue weighted by Crippen LogP contribution is 2.23. The molecule has 2 aromatic rings. The second-order valence-corrected chi connectivity index (χ2v) is 6.30. The van der Waals surface area contributed by atoms with Crippen LogP contribution in [-0.4, -0.2) is 6.04 Å². The minimum atomic E-state index is 0.209. The van der Waals surface area contributed by atoms with E-state index in [1.54, 1.807) is 17.4 Å². The van der Waals surface area contributed by atoms with Gasteiger partial charge in [-0.05, 0) is 48.4 Å². The first-order valence-electron chi connectivity index (χ1n) is 6.11. The molecule has 3 N–H and O–H groups in total. The average molecular weight is 315 g/mol. The molecule has 102 valence electrons. The zero-order valence-electron chi connectivity index (χ0n) is 10.4. The van der Waals surface area contributed by atoms with Gasteiger partial charge in [-0.15, -0.1) is 11.3 Å². The molecule has 5 heteroatoms. The Morgan fingerprint density at radius 1 is 1.26 bits per heavy atom. The van der Waals surface area contributed by atoms with Gasteiger partial charge < -0.3 is 0 Å². The number of nitrogens with two attached hydrogens (primary N) is 1. The van der Waals surface area contributed by atoms with Crippen LogP contribution in [0.3, 0.4) is 0 Å². The number of nitrogens with one attached hydrogen (secondary N) is 1. The highest BCUT2D eigenvalue weighted by atomic mass is 35.5. The zero-order chi connectivity index (χ0) is 13.7. The molecule has 1 unspecified atom stereocenters. The number of aryl methyl sites for hydroxylation is 1. The largest absolute Gasteiger partial charge is 0.271 e. The summed E-state index contributed by atoms with van der Waals surface area (Å²) in [5.74, 6) is 5.62. The second-order valence-electron chi connectivity index (χ2n) is 4.42. The Kier molecular flexibility index (Phi) is 5.67. The molecule has 0 fully saturated rings. The standard InChI is InChI=1S/C14H16Cl2N2S/c15-11-4-3-10(14(16)9-11)8-12(18-17)5-6-13-2-1-7-19-13/h1-4,7,9,12,18H,5-6,8,17H2. The van der Waals surface area contributed by atoms with Crippen molar-refractivity contribution in [2.24, 2.45) is 5.84 Å². The number of benzene rings is 1. The van der Waals surface area contributed by atoms with E-state index in [1.165, 1.54) is 4.88 Å². The van der Waals surface area contributed by atoms with Gasteiger partial charge in [0.2, 0.25) is 0 Å². The van der Waals surface area contributed by atoms with Crippen molar-refractivity contribution in [1.82, 2.24) is 5.43 Å². The van der Waals surface area contributed by atoms with E-state index in [0.717, 1.165) is 24.8 Å². The van der Waals surface area contributed by atoms with Crippen LogP contribution in [-0.2, 0) is 12.8 Å². The monoisotopic (exact) mass is 314 g/mol. The first-order chi connectivity index (χ1) is 9.19. The van der Waals surface area contributed by atoms with E-state index in [0.29, 0.717) is 10.0 Å². The Bertz CT molecular complexity index is 514. The molecule has 0 bridgehead atoms. The van der Waals surface area contributed by atoms with Gasteiger partial charge in [0.05, 0.1) is 0 Å². The molecule has 2 nitrogen and oxygen atoms in total. The maximum Gasteiger partial charge on any atom is 0.0453 e. The Labute approximate surface area is 127 Å².